The second-order valence-electron chi connectivity index (χ2n) is 8.12. The van der Waals surface area contributed by atoms with Crippen LogP contribution in [-0.4, -0.2) is 42.2 Å². The average Bonchev–Trinajstić information content (AvgIpc) is 3.51. The summed E-state index contributed by atoms with van der Waals surface area (Å²) in [7, 11) is 1.63. The number of aromatic nitrogens is 2. The number of fused-ring (bicyclic) bond motifs is 2. The summed E-state index contributed by atoms with van der Waals surface area (Å²) in [6, 6.07) is 20.5. The van der Waals surface area contributed by atoms with Gasteiger partial charge >= 0.3 is 0 Å². The number of ether oxygens (including phenoxy) is 1. The number of H-pyrrole nitrogens is 1. The second kappa shape index (κ2) is 9.72. The monoisotopic (exact) mass is 468 g/mol. The molecular formula is C27H24N4O4. The van der Waals surface area contributed by atoms with Gasteiger partial charge < -0.3 is 24.9 Å². The molecule has 8 nitrogen and oxygen atoms in total. The van der Waals surface area contributed by atoms with Crippen molar-refractivity contribution in [3.05, 3.63) is 84.1 Å². The molecule has 176 valence electrons. The number of amides is 2. The van der Waals surface area contributed by atoms with E-state index in [2.05, 4.69) is 20.8 Å². The van der Waals surface area contributed by atoms with Gasteiger partial charge in [0.15, 0.2) is 5.76 Å². The Morgan fingerprint density at radius 3 is 2.69 bits per heavy atom. The lowest BCUT2D eigenvalue weighted by Crippen LogP contribution is -2.37. The lowest BCUT2D eigenvalue weighted by Gasteiger charge is -2.07. The SMILES string of the molecule is COc1ccc2[nH]cc(CCNC(=O)CNC(=O)c3ccc4noc(-c5ccccc5)c4c3)c2c1. The molecule has 3 N–H and O–H groups in total. The largest absolute Gasteiger partial charge is 0.497 e. The number of nitrogens with zero attached hydrogens (tertiary/aromatic N) is 1. The third-order valence-electron chi connectivity index (χ3n) is 5.88. The van der Waals surface area contributed by atoms with Crippen molar-refractivity contribution in [2.75, 3.05) is 20.2 Å². The standard InChI is InChI=1S/C27H24N4O4/c1-34-20-8-10-23-21(14-20)19(15-29-23)11-12-28-25(32)16-30-27(33)18-7-9-24-22(13-18)26(35-31-24)17-5-3-2-4-6-17/h2-10,13-15,29H,11-12,16H2,1H3,(H,28,32)(H,30,33). The first kappa shape index (κ1) is 22.2. The zero-order valence-electron chi connectivity index (χ0n) is 19.1. The van der Waals surface area contributed by atoms with Gasteiger partial charge in [0.25, 0.3) is 5.91 Å². The zero-order chi connectivity index (χ0) is 24.2. The molecule has 0 saturated carbocycles. The summed E-state index contributed by atoms with van der Waals surface area (Å²) < 4.78 is 10.8. The van der Waals surface area contributed by atoms with E-state index in [9.17, 15) is 9.59 Å². The van der Waals surface area contributed by atoms with Crippen LogP contribution in [0.15, 0.2) is 77.4 Å². The number of carbonyl (C=O) groups excluding carboxylic acids is 2. The summed E-state index contributed by atoms with van der Waals surface area (Å²) >= 11 is 0. The van der Waals surface area contributed by atoms with Crippen LogP contribution >= 0.6 is 0 Å². The van der Waals surface area contributed by atoms with Gasteiger partial charge in [0.1, 0.15) is 11.3 Å². The van der Waals surface area contributed by atoms with Gasteiger partial charge in [0.2, 0.25) is 5.91 Å². The fraction of sp³-hybridized carbons (Fsp3) is 0.148. The van der Waals surface area contributed by atoms with Crippen LogP contribution in [0.4, 0.5) is 0 Å². The van der Waals surface area contributed by atoms with Crippen molar-refractivity contribution in [3.63, 3.8) is 0 Å². The van der Waals surface area contributed by atoms with Crippen molar-refractivity contribution in [2.45, 2.75) is 6.42 Å². The molecule has 2 amide bonds. The molecule has 2 aromatic heterocycles. The third-order valence-corrected chi connectivity index (χ3v) is 5.88. The highest BCUT2D eigenvalue weighted by atomic mass is 16.5. The first-order valence-corrected chi connectivity index (χ1v) is 11.3. The van der Waals surface area contributed by atoms with Crippen LogP contribution in [0.25, 0.3) is 33.1 Å². The van der Waals surface area contributed by atoms with Crippen LogP contribution in [0.2, 0.25) is 0 Å². The first-order valence-electron chi connectivity index (χ1n) is 11.3. The molecule has 0 aliphatic rings. The summed E-state index contributed by atoms with van der Waals surface area (Å²) in [6.07, 6.45) is 2.59. The van der Waals surface area contributed by atoms with Gasteiger partial charge in [-0.05, 0) is 48.4 Å². The van der Waals surface area contributed by atoms with Crippen molar-refractivity contribution in [3.8, 4) is 17.1 Å². The third kappa shape index (κ3) is 4.72. The van der Waals surface area contributed by atoms with E-state index in [-0.39, 0.29) is 18.4 Å². The molecule has 0 spiro atoms. The number of rotatable bonds is 8. The predicted octanol–water partition coefficient (Wildman–Crippen LogP) is 4.07. The first-order chi connectivity index (χ1) is 17.1. The molecular weight excluding hydrogens is 444 g/mol. The van der Waals surface area contributed by atoms with E-state index in [1.165, 1.54) is 0 Å². The number of carbonyl (C=O) groups is 2. The van der Waals surface area contributed by atoms with Gasteiger partial charge in [0.05, 0.1) is 19.0 Å². The van der Waals surface area contributed by atoms with Crippen LogP contribution in [0, 0.1) is 0 Å². The van der Waals surface area contributed by atoms with E-state index < -0.39 is 0 Å². The van der Waals surface area contributed by atoms with E-state index in [0.29, 0.717) is 29.8 Å². The molecule has 5 rings (SSSR count). The van der Waals surface area contributed by atoms with E-state index in [0.717, 1.165) is 33.2 Å². The summed E-state index contributed by atoms with van der Waals surface area (Å²) in [4.78, 5) is 28.2. The van der Waals surface area contributed by atoms with Crippen molar-refractivity contribution >= 4 is 33.6 Å². The Hall–Kier alpha value is -4.59. The topological polar surface area (TPSA) is 109 Å². The quantitative estimate of drug-likeness (QED) is 0.318. The van der Waals surface area contributed by atoms with E-state index >= 15 is 0 Å². The van der Waals surface area contributed by atoms with Gasteiger partial charge in [-0.2, -0.15) is 0 Å². The normalized spacial score (nSPS) is 11.0. The molecule has 0 aliphatic carbocycles. The highest BCUT2D eigenvalue weighted by Crippen LogP contribution is 2.29. The minimum Gasteiger partial charge on any atom is -0.497 e. The van der Waals surface area contributed by atoms with Crippen LogP contribution in [-0.2, 0) is 11.2 Å². The maximum Gasteiger partial charge on any atom is 0.251 e. The maximum absolute atomic E-state index is 12.7. The molecule has 5 aromatic rings. The molecule has 0 bridgehead atoms. The van der Waals surface area contributed by atoms with Gasteiger partial charge in [-0.1, -0.05) is 35.5 Å². The molecule has 0 fully saturated rings. The minimum absolute atomic E-state index is 0.117. The molecule has 0 unspecified atom stereocenters. The molecule has 0 saturated heterocycles. The minimum atomic E-state index is -0.342. The number of hydrogen-bond donors (Lipinski definition) is 3. The van der Waals surface area contributed by atoms with Gasteiger partial charge in [-0.25, -0.2) is 0 Å². The molecule has 3 aromatic carbocycles. The van der Waals surface area contributed by atoms with E-state index in [1.807, 2.05) is 54.7 Å². The van der Waals surface area contributed by atoms with Crippen LogP contribution in [0.1, 0.15) is 15.9 Å². The average molecular weight is 469 g/mol. The molecule has 2 heterocycles. The summed E-state index contributed by atoms with van der Waals surface area (Å²) in [6.45, 7) is 0.333. The Kier molecular flexibility index (Phi) is 6.17. The molecule has 8 heteroatoms. The predicted molar refractivity (Wildman–Crippen MR) is 133 cm³/mol. The summed E-state index contributed by atoms with van der Waals surface area (Å²) in [5, 5.41) is 11.4. The Morgan fingerprint density at radius 2 is 1.86 bits per heavy atom. The lowest BCUT2D eigenvalue weighted by atomic mass is 10.1. The number of nitrogens with one attached hydrogen (secondary N) is 3. The second-order valence-corrected chi connectivity index (χ2v) is 8.12. The number of hydrogen-bond acceptors (Lipinski definition) is 5. The Bertz CT molecular complexity index is 1500. The molecule has 35 heavy (non-hydrogen) atoms. The lowest BCUT2D eigenvalue weighted by molar-refractivity contribution is -0.120. The fourth-order valence-electron chi connectivity index (χ4n) is 4.03. The fourth-order valence-corrected chi connectivity index (χ4v) is 4.03. The molecule has 0 atom stereocenters. The summed E-state index contributed by atoms with van der Waals surface area (Å²) in [5.74, 6) is 0.783. The maximum atomic E-state index is 12.7. The van der Waals surface area contributed by atoms with E-state index in [1.54, 1.807) is 25.3 Å². The highest BCUT2D eigenvalue weighted by molar-refractivity contribution is 6.02. The zero-order valence-corrected chi connectivity index (χ0v) is 19.1. The smallest absolute Gasteiger partial charge is 0.251 e. The number of benzene rings is 3. The molecule has 0 radical (unpaired) electrons. The van der Waals surface area contributed by atoms with Crippen LogP contribution < -0.4 is 15.4 Å². The highest BCUT2D eigenvalue weighted by Gasteiger charge is 2.15. The molecule has 0 aliphatic heterocycles. The van der Waals surface area contributed by atoms with Gasteiger partial charge in [-0.15, -0.1) is 0 Å². The van der Waals surface area contributed by atoms with Crippen molar-refractivity contribution in [2.24, 2.45) is 0 Å². The Balaban J connectivity index is 1.17. The van der Waals surface area contributed by atoms with Crippen molar-refractivity contribution in [1.82, 2.24) is 20.8 Å². The Labute approximate surface area is 201 Å². The van der Waals surface area contributed by atoms with Gasteiger partial charge in [-0.3, -0.25) is 9.59 Å². The van der Waals surface area contributed by atoms with Crippen molar-refractivity contribution in [1.29, 1.82) is 0 Å². The van der Waals surface area contributed by atoms with Gasteiger partial charge in [0, 0.05) is 34.8 Å². The summed E-state index contributed by atoms with van der Waals surface area (Å²) in [5.41, 5.74) is 4.06. The number of methoxy groups -OCH3 is 1. The van der Waals surface area contributed by atoms with Crippen LogP contribution in [0.5, 0.6) is 5.75 Å². The van der Waals surface area contributed by atoms with Crippen LogP contribution in [0.3, 0.4) is 0 Å². The number of aromatic amines is 1. The van der Waals surface area contributed by atoms with Crippen molar-refractivity contribution < 1.29 is 18.8 Å². The Morgan fingerprint density at radius 1 is 1.00 bits per heavy atom. The van der Waals surface area contributed by atoms with E-state index in [4.69, 9.17) is 9.26 Å².